The molecule has 8 heteroatoms. The molecule has 0 unspecified atom stereocenters. The van der Waals surface area contributed by atoms with Gasteiger partial charge in [-0.05, 0) is 19.9 Å². The molecule has 2 N–H and O–H groups in total. The lowest BCUT2D eigenvalue weighted by Crippen LogP contribution is -2.44. The number of aromatic nitrogens is 3. The molecule has 1 aliphatic rings. The van der Waals surface area contributed by atoms with Gasteiger partial charge in [0.1, 0.15) is 22.3 Å². The molecule has 2 aromatic rings. The Morgan fingerprint density at radius 2 is 2.26 bits per heavy atom. The van der Waals surface area contributed by atoms with Crippen molar-refractivity contribution in [2.45, 2.75) is 26.0 Å². The van der Waals surface area contributed by atoms with Gasteiger partial charge >= 0.3 is 0 Å². The van der Waals surface area contributed by atoms with Crippen LogP contribution in [0.3, 0.4) is 0 Å². The van der Waals surface area contributed by atoms with E-state index in [1.807, 2.05) is 13.0 Å². The summed E-state index contributed by atoms with van der Waals surface area (Å²) in [7, 11) is 1.79. The average molecular weight is 341 g/mol. The summed E-state index contributed by atoms with van der Waals surface area (Å²) in [6.07, 6.45) is 0.232. The molecule has 126 valence electrons. The standard InChI is InChI=1S/C15H21ClN4O3/c1-9-5-12(18-23-9)14-11(15(16)19(2)17-14)6-20-4-3-10(8-21)13(22)7-20/h5,10,13,21-22H,3-4,6-8H2,1-2H3/t10-,13+/m0/s1. The van der Waals surface area contributed by atoms with Gasteiger partial charge in [0.15, 0.2) is 0 Å². The molecule has 3 rings (SSSR count). The van der Waals surface area contributed by atoms with Crippen molar-refractivity contribution in [3.05, 3.63) is 22.5 Å². The monoisotopic (exact) mass is 340 g/mol. The average Bonchev–Trinajstić information content (AvgIpc) is 3.06. The molecular formula is C15H21ClN4O3. The third kappa shape index (κ3) is 3.28. The lowest BCUT2D eigenvalue weighted by Gasteiger charge is -2.35. The van der Waals surface area contributed by atoms with E-state index in [1.54, 1.807) is 11.7 Å². The Labute approximate surface area is 139 Å². The number of piperidine rings is 1. The van der Waals surface area contributed by atoms with Crippen molar-refractivity contribution in [3.63, 3.8) is 0 Å². The first kappa shape index (κ1) is 16.4. The second-order valence-electron chi connectivity index (χ2n) is 6.10. The van der Waals surface area contributed by atoms with Crippen LogP contribution in [0.5, 0.6) is 0 Å². The van der Waals surface area contributed by atoms with Gasteiger partial charge in [-0.1, -0.05) is 16.8 Å². The zero-order chi connectivity index (χ0) is 16.6. The molecule has 2 atom stereocenters. The normalized spacial score (nSPS) is 22.7. The van der Waals surface area contributed by atoms with Crippen LogP contribution in [0.15, 0.2) is 10.6 Å². The van der Waals surface area contributed by atoms with Crippen LogP contribution in [0.2, 0.25) is 5.15 Å². The molecule has 0 aromatic carbocycles. The van der Waals surface area contributed by atoms with Gasteiger partial charge in [-0.25, -0.2) is 0 Å². The van der Waals surface area contributed by atoms with Gasteiger partial charge in [0.05, 0.1) is 6.10 Å². The second-order valence-corrected chi connectivity index (χ2v) is 6.46. The Hall–Kier alpha value is -1.41. The number of likely N-dealkylation sites (tertiary alicyclic amines) is 1. The Kier molecular flexibility index (Phi) is 4.72. The van der Waals surface area contributed by atoms with Crippen molar-refractivity contribution in [2.75, 3.05) is 19.7 Å². The van der Waals surface area contributed by atoms with E-state index in [-0.39, 0.29) is 12.5 Å². The molecule has 0 radical (unpaired) electrons. The number of aliphatic hydroxyl groups is 2. The van der Waals surface area contributed by atoms with E-state index in [4.69, 9.17) is 16.1 Å². The van der Waals surface area contributed by atoms with E-state index < -0.39 is 6.10 Å². The van der Waals surface area contributed by atoms with Crippen LogP contribution in [0.4, 0.5) is 0 Å². The van der Waals surface area contributed by atoms with Crippen LogP contribution in [0, 0.1) is 12.8 Å². The molecule has 3 heterocycles. The topological polar surface area (TPSA) is 87.6 Å². The van der Waals surface area contributed by atoms with Crippen molar-refractivity contribution >= 4 is 11.6 Å². The molecular weight excluding hydrogens is 320 g/mol. The Balaban J connectivity index is 1.83. The molecule has 23 heavy (non-hydrogen) atoms. The zero-order valence-corrected chi connectivity index (χ0v) is 14.0. The van der Waals surface area contributed by atoms with E-state index in [0.717, 1.165) is 18.5 Å². The summed E-state index contributed by atoms with van der Waals surface area (Å²) in [5, 5.41) is 28.4. The minimum atomic E-state index is -0.526. The third-order valence-corrected chi connectivity index (χ3v) is 4.83. The number of rotatable bonds is 4. The first-order chi connectivity index (χ1) is 11.0. The highest BCUT2D eigenvalue weighted by Gasteiger charge is 2.29. The molecule has 0 bridgehead atoms. The summed E-state index contributed by atoms with van der Waals surface area (Å²) in [6, 6.07) is 1.83. The molecule has 0 spiro atoms. The first-order valence-electron chi connectivity index (χ1n) is 7.66. The Morgan fingerprint density at radius 1 is 1.48 bits per heavy atom. The van der Waals surface area contributed by atoms with Gasteiger partial charge in [-0.2, -0.15) is 5.10 Å². The first-order valence-corrected chi connectivity index (χ1v) is 8.03. The van der Waals surface area contributed by atoms with E-state index >= 15 is 0 Å². The number of halogens is 1. The van der Waals surface area contributed by atoms with Crippen molar-refractivity contribution in [1.82, 2.24) is 19.8 Å². The maximum Gasteiger partial charge on any atom is 0.134 e. The predicted octanol–water partition coefficient (Wildman–Crippen LogP) is 1.21. The number of aliphatic hydroxyl groups excluding tert-OH is 2. The Bertz CT molecular complexity index is 684. The lowest BCUT2D eigenvalue weighted by atomic mass is 9.94. The van der Waals surface area contributed by atoms with Gasteiger partial charge in [-0.3, -0.25) is 9.58 Å². The minimum absolute atomic E-state index is 0.0200. The van der Waals surface area contributed by atoms with Crippen molar-refractivity contribution < 1.29 is 14.7 Å². The Morgan fingerprint density at radius 3 is 2.87 bits per heavy atom. The smallest absolute Gasteiger partial charge is 0.134 e. The summed E-state index contributed by atoms with van der Waals surface area (Å²) >= 11 is 6.40. The van der Waals surface area contributed by atoms with Crippen molar-refractivity contribution in [1.29, 1.82) is 0 Å². The van der Waals surface area contributed by atoms with Gasteiger partial charge in [0.25, 0.3) is 0 Å². The molecule has 0 saturated carbocycles. The number of hydrogen-bond acceptors (Lipinski definition) is 6. The van der Waals surface area contributed by atoms with Crippen LogP contribution < -0.4 is 0 Å². The fraction of sp³-hybridized carbons (Fsp3) is 0.600. The zero-order valence-electron chi connectivity index (χ0n) is 13.2. The highest BCUT2D eigenvalue weighted by molar-refractivity contribution is 6.30. The van der Waals surface area contributed by atoms with Crippen LogP contribution in [-0.2, 0) is 13.6 Å². The van der Waals surface area contributed by atoms with Crippen molar-refractivity contribution in [2.24, 2.45) is 13.0 Å². The maximum atomic E-state index is 10.1. The van der Waals surface area contributed by atoms with Gasteiger partial charge in [0, 0.05) is 44.3 Å². The molecule has 1 fully saturated rings. The predicted molar refractivity (Wildman–Crippen MR) is 84.9 cm³/mol. The fourth-order valence-corrected chi connectivity index (χ4v) is 3.18. The van der Waals surface area contributed by atoms with E-state index in [9.17, 15) is 10.2 Å². The summed E-state index contributed by atoms with van der Waals surface area (Å²) in [5.41, 5.74) is 2.23. The highest BCUT2D eigenvalue weighted by Crippen LogP contribution is 2.30. The van der Waals surface area contributed by atoms with Crippen LogP contribution >= 0.6 is 11.6 Å². The van der Waals surface area contributed by atoms with E-state index in [1.165, 1.54) is 0 Å². The van der Waals surface area contributed by atoms with Crippen LogP contribution in [-0.4, -0.2) is 55.9 Å². The summed E-state index contributed by atoms with van der Waals surface area (Å²) in [5.74, 6) is 0.667. The lowest BCUT2D eigenvalue weighted by molar-refractivity contribution is -0.00440. The maximum absolute atomic E-state index is 10.1. The number of aryl methyl sites for hydroxylation is 2. The fourth-order valence-electron chi connectivity index (χ4n) is 3.00. The van der Waals surface area contributed by atoms with Gasteiger partial charge in [-0.15, -0.1) is 0 Å². The second kappa shape index (κ2) is 6.60. The number of nitrogens with zero attached hydrogens (tertiary/aromatic N) is 4. The number of β-amino-alcohol motifs (C(OH)–C–C–N with tert-alkyl or cyclic N) is 1. The summed E-state index contributed by atoms with van der Waals surface area (Å²) in [4.78, 5) is 2.12. The molecule has 0 amide bonds. The van der Waals surface area contributed by atoms with Crippen LogP contribution in [0.25, 0.3) is 11.4 Å². The largest absolute Gasteiger partial charge is 0.396 e. The SMILES string of the molecule is Cc1cc(-c2nn(C)c(Cl)c2CN2CC[C@@H](CO)[C@H](O)C2)no1. The molecule has 7 nitrogen and oxygen atoms in total. The van der Waals surface area contributed by atoms with E-state index in [0.29, 0.717) is 35.4 Å². The molecule has 1 aliphatic heterocycles. The highest BCUT2D eigenvalue weighted by atomic mass is 35.5. The van der Waals surface area contributed by atoms with E-state index in [2.05, 4.69) is 15.2 Å². The summed E-state index contributed by atoms with van der Waals surface area (Å²) in [6.45, 7) is 3.73. The van der Waals surface area contributed by atoms with Gasteiger partial charge in [0.2, 0.25) is 0 Å². The third-order valence-electron chi connectivity index (χ3n) is 4.36. The number of hydrogen-bond donors (Lipinski definition) is 2. The quantitative estimate of drug-likeness (QED) is 0.870. The van der Waals surface area contributed by atoms with Crippen molar-refractivity contribution in [3.8, 4) is 11.4 Å². The summed E-state index contributed by atoms with van der Waals surface area (Å²) < 4.78 is 6.75. The van der Waals surface area contributed by atoms with Gasteiger partial charge < -0.3 is 14.7 Å². The molecule has 2 aromatic heterocycles. The molecule has 1 saturated heterocycles. The van der Waals surface area contributed by atoms with Crippen LogP contribution in [0.1, 0.15) is 17.7 Å². The molecule has 0 aliphatic carbocycles. The minimum Gasteiger partial charge on any atom is -0.396 e.